The van der Waals surface area contributed by atoms with Crippen LogP contribution in [0.25, 0.3) is 11.0 Å². The Kier molecular flexibility index (Phi) is 4.97. The van der Waals surface area contributed by atoms with E-state index in [1.54, 1.807) is 29.2 Å². The number of piperazine rings is 1. The lowest BCUT2D eigenvalue weighted by Crippen LogP contribution is -2.50. The van der Waals surface area contributed by atoms with Gasteiger partial charge in [-0.2, -0.15) is 0 Å². The van der Waals surface area contributed by atoms with Crippen LogP contribution in [-0.4, -0.2) is 59.6 Å². The number of fused-ring (bicyclic) bond motifs is 1. The molecule has 1 saturated heterocycles. The van der Waals surface area contributed by atoms with Crippen LogP contribution < -0.4 is 5.43 Å². The summed E-state index contributed by atoms with van der Waals surface area (Å²) in [5, 5.41) is 10.2. The molecule has 3 rings (SSSR count). The van der Waals surface area contributed by atoms with E-state index in [2.05, 4.69) is 4.90 Å². The Morgan fingerprint density at radius 3 is 2.67 bits per heavy atom. The van der Waals surface area contributed by atoms with Crippen molar-refractivity contribution < 1.29 is 14.3 Å². The number of carbonyl (C=O) groups excluding carboxylic acids is 1. The summed E-state index contributed by atoms with van der Waals surface area (Å²) in [6, 6.07) is 8.20. The number of rotatable bonds is 4. The zero-order chi connectivity index (χ0) is 17.1. The molecule has 1 fully saturated rings. The van der Waals surface area contributed by atoms with Gasteiger partial charge in [-0.25, -0.2) is 0 Å². The summed E-state index contributed by atoms with van der Waals surface area (Å²) in [6.07, 6.45) is 0.396. The number of aliphatic hydroxyl groups excluding tert-OH is 1. The van der Waals surface area contributed by atoms with Gasteiger partial charge in [0.25, 0.3) is 5.91 Å². The molecule has 2 aromatic rings. The lowest BCUT2D eigenvalue weighted by Gasteiger charge is -2.35. The third-order valence-electron chi connectivity index (χ3n) is 4.45. The molecule has 6 heteroatoms. The van der Waals surface area contributed by atoms with Crippen molar-refractivity contribution >= 4 is 16.9 Å². The van der Waals surface area contributed by atoms with Crippen molar-refractivity contribution in [2.24, 2.45) is 0 Å². The minimum atomic E-state index is -0.328. The lowest BCUT2D eigenvalue weighted by atomic mass is 10.2. The number of amides is 1. The van der Waals surface area contributed by atoms with Crippen molar-refractivity contribution in [3.05, 3.63) is 46.3 Å². The van der Waals surface area contributed by atoms with Gasteiger partial charge in [0.05, 0.1) is 11.5 Å². The molecule has 0 aliphatic carbocycles. The molecule has 1 amide bonds. The van der Waals surface area contributed by atoms with Crippen LogP contribution in [0.2, 0.25) is 0 Å². The van der Waals surface area contributed by atoms with Gasteiger partial charge in [-0.05, 0) is 18.6 Å². The predicted molar refractivity (Wildman–Crippen MR) is 91.1 cm³/mol. The molecule has 1 aliphatic rings. The van der Waals surface area contributed by atoms with E-state index < -0.39 is 0 Å². The van der Waals surface area contributed by atoms with Crippen LogP contribution >= 0.6 is 0 Å². The van der Waals surface area contributed by atoms with Gasteiger partial charge in [0.2, 0.25) is 0 Å². The van der Waals surface area contributed by atoms with E-state index >= 15 is 0 Å². The van der Waals surface area contributed by atoms with E-state index in [9.17, 15) is 14.7 Å². The van der Waals surface area contributed by atoms with Crippen LogP contribution in [0, 0.1) is 0 Å². The maximum atomic E-state index is 12.6. The number of hydrogen-bond donors (Lipinski definition) is 1. The smallest absolute Gasteiger partial charge is 0.289 e. The molecule has 0 spiro atoms. The molecular weight excluding hydrogens is 308 g/mol. The Morgan fingerprint density at radius 1 is 1.25 bits per heavy atom. The Balaban J connectivity index is 1.71. The maximum absolute atomic E-state index is 12.6. The zero-order valence-corrected chi connectivity index (χ0v) is 13.8. The third kappa shape index (κ3) is 3.49. The highest BCUT2D eigenvalue weighted by atomic mass is 16.3. The molecule has 1 atom stereocenters. The van der Waals surface area contributed by atoms with Crippen LogP contribution in [0.3, 0.4) is 0 Å². The molecule has 128 valence electrons. The topological polar surface area (TPSA) is 74.0 Å². The summed E-state index contributed by atoms with van der Waals surface area (Å²) < 4.78 is 5.62. The largest absolute Gasteiger partial charge is 0.451 e. The molecule has 24 heavy (non-hydrogen) atoms. The van der Waals surface area contributed by atoms with Crippen molar-refractivity contribution in [1.29, 1.82) is 0 Å². The van der Waals surface area contributed by atoms with Gasteiger partial charge in [0.1, 0.15) is 5.58 Å². The Bertz CT molecular complexity index is 778. The van der Waals surface area contributed by atoms with Gasteiger partial charge in [0.15, 0.2) is 11.2 Å². The molecule has 2 heterocycles. The fourth-order valence-electron chi connectivity index (χ4n) is 2.93. The molecule has 1 aromatic heterocycles. The molecule has 0 radical (unpaired) electrons. The average Bonchev–Trinajstić information content (AvgIpc) is 2.61. The first-order valence-electron chi connectivity index (χ1n) is 8.31. The monoisotopic (exact) mass is 330 g/mol. The highest BCUT2D eigenvalue weighted by Gasteiger charge is 2.25. The average molecular weight is 330 g/mol. The molecule has 1 aliphatic heterocycles. The summed E-state index contributed by atoms with van der Waals surface area (Å²) >= 11 is 0. The second kappa shape index (κ2) is 7.15. The first kappa shape index (κ1) is 16.7. The van der Waals surface area contributed by atoms with Crippen LogP contribution in [0.1, 0.15) is 23.9 Å². The van der Waals surface area contributed by atoms with Crippen LogP contribution in [-0.2, 0) is 0 Å². The second-order valence-corrected chi connectivity index (χ2v) is 6.13. The number of benzene rings is 1. The third-order valence-corrected chi connectivity index (χ3v) is 4.45. The standard InChI is InChI=1S/C18H22N2O4/c1-2-13(21)12-19-7-9-20(10-8-19)18(23)17-11-15(22)14-5-3-4-6-16(14)24-17/h3-6,11,13,21H,2,7-10,12H2,1H3/t13-/m0/s1. The van der Waals surface area contributed by atoms with Crippen molar-refractivity contribution in [2.75, 3.05) is 32.7 Å². The minimum absolute atomic E-state index is 0.0840. The van der Waals surface area contributed by atoms with E-state index in [4.69, 9.17) is 4.42 Å². The summed E-state index contributed by atoms with van der Waals surface area (Å²) in [5.41, 5.74) is 0.225. The molecule has 0 unspecified atom stereocenters. The quantitative estimate of drug-likeness (QED) is 0.915. The maximum Gasteiger partial charge on any atom is 0.289 e. The van der Waals surface area contributed by atoms with Crippen LogP contribution in [0.4, 0.5) is 0 Å². The number of hydrogen-bond acceptors (Lipinski definition) is 5. The van der Waals surface area contributed by atoms with E-state index in [1.807, 2.05) is 6.92 Å². The van der Waals surface area contributed by atoms with Crippen molar-refractivity contribution in [3.63, 3.8) is 0 Å². The van der Waals surface area contributed by atoms with Crippen LogP contribution in [0.5, 0.6) is 0 Å². The van der Waals surface area contributed by atoms with Gasteiger partial charge in [-0.3, -0.25) is 14.5 Å². The van der Waals surface area contributed by atoms with Crippen molar-refractivity contribution in [1.82, 2.24) is 9.80 Å². The number of aliphatic hydroxyl groups is 1. The summed E-state index contributed by atoms with van der Waals surface area (Å²) in [6.45, 7) is 5.12. The first-order valence-corrected chi connectivity index (χ1v) is 8.31. The predicted octanol–water partition coefficient (Wildman–Crippen LogP) is 1.32. The molecule has 1 N–H and O–H groups in total. The van der Waals surface area contributed by atoms with Gasteiger partial charge in [-0.1, -0.05) is 19.1 Å². The fourth-order valence-corrected chi connectivity index (χ4v) is 2.93. The van der Waals surface area contributed by atoms with Crippen molar-refractivity contribution in [3.8, 4) is 0 Å². The van der Waals surface area contributed by atoms with Gasteiger partial charge in [-0.15, -0.1) is 0 Å². The Hall–Kier alpha value is -2.18. The Labute approximate surface area is 140 Å². The molecular formula is C18H22N2O4. The molecule has 0 saturated carbocycles. The Morgan fingerprint density at radius 2 is 1.96 bits per heavy atom. The van der Waals surface area contributed by atoms with Crippen molar-refractivity contribution in [2.45, 2.75) is 19.4 Å². The van der Waals surface area contributed by atoms with E-state index in [-0.39, 0.29) is 23.2 Å². The van der Waals surface area contributed by atoms with E-state index in [0.29, 0.717) is 43.7 Å². The minimum Gasteiger partial charge on any atom is -0.451 e. The van der Waals surface area contributed by atoms with Crippen LogP contribution in [0.15, 0.2) is 39.5 Å². The normalized spacial score (nSPS) is 17.2. The number of nitrogens with zero attached hydrogens (tertiary/aromatic N) is 2. The highest BCUT2D eigenvalue weighted by molar-refractivity contribution is 5.93. The van der Waals surface area contributed by atoms with Gasteiger partial charge in [0, 0.05) is 38.8 Å². The summed E-state index contributed by atoms with van der Waals surface area (Å²) in [5.74, 6) is -0.172. The second-order valence-electron chi connectivity index (χ2n) is 6.13. The molecule has 0 bridgehead atoms. The number of β-amino-alcohol motifs (C(OH)–C–C–N with tert-alkyl or cyclic N) is 1. The first-order chi connectivity index (χ1) is 11.6. The number of carbonyl (C=O) groups is 1. The summed E-state index contributed by atoms with van der Waals surface area (Å²) in [4.78, 5) is 28.6. The fraction of sp³-hybridized carbons (Fsp3) is 0.444. The zero-order valence-electron chi connectivity index (χ0n) is 13.8. The van der Waals surface area contributed by atoms with E-state index in [0.717, 1.165) is 6.42 Å². The number of para-hydroxylation sites is 1. The SMILES string of the molecule is CC[C@H](O)CN1CCN(C(=O)c2cc(=O)c3ccccc3o2)CC1. The molecule has 1 aromatic carbocycles. The molecule has 6 nitrogen and oxygen atoms in total. The lowest BCUT2D eigenvalue weighted by molar-refractivity contribution is 0.0500. The summed E-state index contributed by atoms with van der Waals surface area (Å²) in [7, 11) is 0. The van der Waals surface area contributed by atoms with E-state index in [1.165, 1.54) is 6.07 Å². The van der Waals surface area contributed by atoms with Gasteiger partial charge >= 0.3 is 0 Å². The van der Waals surface area contributed by atoms with Gasteiger partial charge < -0.3 is 14.4 Å². The highest BCUT2D eigenvalue weighted by Crippen LogP contribution is 2.14.